The number of halogens is 1. The first kappa shape index (κ1) is 19.7. The van der Waals surface area contributed by atoms with Gasteiger partial charge in [0.2, 0.25) is 10.0 Å². The molecule has 0 bridgehead atoms. The summed E-state index contributed by atoms with van der Waals surface area (Å²) in [5.41, 5.74) is 2.00. The Labute approximate surface area is 164 Å². The third kappa shape index (κ3) is 4.43. The molecule has 2 N–H and O–H groups in total. The molecule has 0 spiro atoms. The number of aryl methyl sites for hydroxylation is 1. The number of carbonyl (C=O) groups excluding carboxylic acids is 1. The van der Waals surface area contributed by atoms with Gasteiger partial charge in [-0.3, -0.25) is 0 Å². The lowest BCUT2D eigenvalue weighted by Gasteiger charge is -2.21. The first-order chi connectivity index (χ1) is 12.8. The molecule has 1 saturated heterocycles. The Balaban J connectivity index is 1.66. The van der Waals surface area contributed by atoms with E-state index in [1.54, 1.807) is 24.3 Å². The Kier molecular flexibility index (Phi) is 5.74. The lowest BCUT2D eigenvalue weighted by atomic mass is 10.2. The van der Waals surface area contributed by atoms with Crippen molar-refractivity contribution >= 4 is 39.0 Å². The molecule has 1 fully saturated rings. The third-order valence-electron chi connectivity index (χ3n) is 4.64. The Bertz CT molecular complexity index is 945. The average Bonchev–Trinajstić information content (AvgIpc) is 3.05. The summed E-state index contributed by atoms with van der Waals surface area (Å²) in [5.74, 6) is 0. The molecular formula is C19H22ClN3O3S. The van der Waals surface area contributed by atoms with Gasteiger partial charge in [-0.2, -0.15) is 4.31 Å². The second-order valence-electron chi connectivity index (χ2n) is 6.67. The van der Waals surface area contributed by atoms with E-state index in [1.807, 2.05) is 19.9 Å². The van der Waals surface area contributed by atoms with Crippen LogP contribution in [0.15, 0.2) is 47.4 Å². The van der Waals surface area contributed by atoms with Crippen LogP contribution in [0.5, 0.6) is 0 Å². The number of benzene rings is 2. The molecule has 2 amide bonds. The van der Waals surface area contributed by atoms with Gasteiger partial charge in [0.1, 0.15) is 0 Å². The van der Waals surface area contributed by atoms with Crippen LogP contribution < -0.4 is 10.6 Å². The molecule has 144 valence electrons. The maximum absolute atomic E-state index is 12.7. The van der Waals surface area contributed by atoms with E-state index in [-0.39, 0.29) is 10.9 Å². The van der Waals surface area contributed by atoms with E-state index in [4.69, 9.17) is 11.6 Å². The molecule has 6 nitrogen and oxygen atoms in total. The number of nitrogens with zero attached hydrogens (tertiary/aromatic N) is 1. The second-order valence-corrected chi connectivity index (χ2v) is 8.97. The highest BCUT2D eigenvalue weighted by Crippen LogP contribution is 2.26. The summed E-state index contributed by atoms with van der Waals surface area (Å²) in [4.78, 5) is 12.3. The van der Waals surface area contributed by atoms with Crippen molar-refractivity contribution < 1.29 is 13.2 Å². The van der Waals surface area contributed by atoms with Crippen molar-refractivity contribution in [1.82, 2.24) is 4.31 Å². The van der Waals surface area contributed by atoms with Crippen LogP contribution in [0, 0.1) is 6.92 Å². The number of carbonyl (C=O) groups is 1. The largest absolute Gasteiger partial charge is 0.323 e. The van der Waals surface area contributed by atoms with E-state index in [1.165, 1.54) is 16.4 Å². The van der Waals surface area contributed by atoms with Crippen molar-refractivity contribution in [2.75, 3.05) is 17.2 Å². The maximum atomic E-state index is 12.7. The molecule has 2 aromatic carbocycles. The molecule has 3 rings (SSSR count). The number of nitrogens with one attached hydrogen (secondary N) is 2. The van der Waals surface area contributed by atoms with Crippen molar-refractivity contribution in [2.45, 2.75) is 37.6 Å². The van der Waals surface area contributed by atoms with E-state index in [9.17, 15) is 13.2 Å². The lowest BCUT2D eigenvalue weighted by molar-refractivity contribution is 0.262. The SMILES string of the molecule is Cc1ccc(NC(=O)Nc2ccc(S(=O)(=O)N3CCC[C@H]3C)cc2)cc1Cl. The first-order valence-corrected chi connectivity index (χ1v) is 10.6. The van der Waals surface area contributed by atoms with Crippen LogP contribution in [0.3, 0.4) is 0 Å². The van der Waals surface area contributed by atoms with Crippen LogP contribution in [-0.4, -0.2) is 31.3 Å². The van der Waals surface area contributed by atoms with Crippen LogP contribution >= 0.6 is 11.6 Å². The standard InChI is InChI=1S/C19H22ClN3O3S/c1-13-5-6-16(12-18(13)20)22-19(24)21-15-7-9-17(10-8-15)27(25,26)23-11-3-4-14(23)2/h5-10,12,14H,3-4,11H2,1-2H3,(H2,21,22,24)/t14-/m1/s1. The van der Waals surface area contributed by atoms with Crippen molar-refractivity contribution in [3.8, 4) is 0 Å². The van der Waals surface area contributed by atoms with E-state index in [2.05, 4.69) is 10.6 Å². The number of anilines is 2. The van der Waals surface area contributed by atoms with Crippen molar-refractivity contribution in [2.24, 2.45) is 0 Å². The minimum absolute atomic E-state index is 0.0138. The Morgan fingerprint density at radius 3 is 2.33 bits per heavy atom. The van der Waals surface area contributed by atoms with Crippen molar-refractivity contribution in [3.63, 3.8) is 0 Å². The number of urea groups is 1. The Morgan fingerprint density at radius 2 is 1.74 bits per heavy atom. The summed E-state index contributed by atoms with van der Waals surface area (Å²) >= 11 is 6.05. The highest BCUT2D eigenvalue weighted by molar-refractivity contribution is 7.89. The minimum atomic E-state index is -3.50. The summed E-state index contributed by atoms with van der Waals surface area (Å²) in [6, 6.07) is 11.0. The van der Waals surface area contributed by atoms with Gasteiger partial charge in [0, 0.05) is 29.0 Å². The summed E-state index contributed by atoms with van der Waals surface area (Å²) in [6.45, 7) is 4.35. The maximum Gasteiger partial charge on any atom is 0.323 e. The highest BCUT2D eigenvalue weighted by Gasteiger charge is 2.32. The van der Waals surface area contributed by atoms with Crippen molar-refractivity contribution in [3.05, 3.63) is 53.1 Å². The van der Waals surface area contributed by atoms with Gasteiger partial charge < -0.3 is 10.6 Å². The van der Waals surface area contributed by atoms with Gasteiger partial charge in [-0.15, -0.1) is 0 Å². The highest BCUT2D eigenvalue weighted by atomic mass is 35.5. The number of sulfonamides is 1. The fourth-order valence-corrected chi connectivity index (χ4v) is 4.95. The molecule has 8 heteroatoms. The van der Waals surface area contributed by atoms with Gasteiger partial charge in [0.15, 0.2) is 0 Å². The topological polar surface area (TPSA) is 78.5 Å². The zero-order chi connectivity index (χ0) is 19.6. The van der Waals surface area contributed by atoms with Crippen LogP contribution in [0.2, 0.25) is 5.02 Å². The molecule has 1 heterocycles. The molecule has 0 aromatic heterocycles. The molecule has 0 aliphatic carbocycles. The first-order valence-electron chi connectivity index (χ1n) is 8.73. The number of hydrogen-bond donors (Lipinski definition) is 2. The van der Waals surface area contributed by atoms with Crippen LogP contribution in [0.1, 0.15) is 25.3 Å². The zero-order valence-corrected chi connectivity index (χ0v) is 16.8. The quantitative estimate of drug-likeness (QED) is 0.785. The van der Waals surface area contributed by atoms with Gasteiger partial charge in [0.25, 0.3) is 0 Å². The summed E-state index contributed by atoms with van der Waals surface area (Å²) < 4.78 is 26.9. The summed E-state index contributed by atoms with van der Waals surface area (Å²) in [5, 5.41) is 5.94. The minimum Gasteiger partial charge on any atom is -0.308 e. The van der Waals surface area contributed by atoms with Crippen LogP contribution in [-0.2, 0) is 10.0 Å². The second kappa shape index (κ2) is 7.88. The predicted molar refractivity (Wildman–Crippen MR) is 108 cm³/mol. The Morgan fingerprint density at radius 1 is 1.11 bits per heavy atom. The lowest BCUT2D eigenvalue weighted by Crippen LogP contribution is -2.33. The smallest absolute Gasteiger partial charge is 0.308 e. The molecule has 1 aliphatic heterocycles. The molecule has 2 aromatic rings. The molecule has 0 unspecified atom stereocenters. The number of rotatable bonds is 4. The number of amides is 2. The fraction of sp³-hybridized carbons (Fsp3) is 0.316. The third-order valence-corrected chi connectivity index (χ3v) is 7.08. The Hall–Kier alpha value is -2.09. The summed E-state index contributed by atoms with van der Waals surface area (Å²) in [7, 11) is -3.50. The monoisotopic (exact) mass is 407 g/mol. The van der Waals surface area contributed by atoms with Gasteiger partial charge in [0.05, 0.1) is 4.90 Å². The van der Waals surface area contributed by atoms with E-state index >= 15 is 0 Å². The van der Waals surface area contributed by atoms with E-state index in [0.29, 0.717) is 22.9 Å². The average molecular weight is 408 g/mol. The molecular weight excluding hydrogens is 386 g/mol. The molecule has 1 aliphatic rings. The number of hydrogen-bond acceptors (Lipinski definition) is 3. The molecule has 0 saturated carbocycles. The molecule has 1 atom stereocenters. The van der Waals surface area contributed by atoms with Gasteiger partial charge >= 0.3 is 6.03 Å². The van der Waals surface area contributed by atoms with Gasteiger partial charge in [-0.1, -0.05) is 17.7 Å². The van der Waals surface area contributed by atoms with E-state index < -0.39 is 16.1 Å². The molecule has 0 radical (unpaired) electrons. The fourth-order valence-electron chi connectivity index (χ4n) is 3.07. The molecule has 27 heavy (non-hydrogen) atoms. The van der Waals surface area contributed by atoms with Gasteiger partial charge in [-0.05, 0) is 68.7 Å². The summed E-state index contributed by atoms with van der Waals surface area (Å²) in [6.07, 6.45) is 1.76. The van der Waals surface area contributed by atoms with Crippen molar-refractivity contribution in [1.29, 1.82) is 0 Å². The van der Waals surface area contributed by atoms with Crippen LogP contribution in [0.4, 0.5) is 16.2 Å². The van der Waals surface area contributed by atoms with E-state index in [0.717, 1.165) is 18.4 Å². The predicted octanol–water partition coefficient (Wildman–Crippen LogP) is 4.47. The normalized spacial score (nSPS) is 17.7. The van der Waals surface area contributed by atoms with Crippen LogP contribution in [0.25, 0.3) is 0 Å². The zero-order valence-electron chi connectivity index (χ0n) is 15.2. The van der Waals surface area contributed by atoms with Gasteiger partial charge in [-0.25, -0.2) is 13.2 Å².